The zero-order valence-corrected chi connectivity index (χ0v) is 29.5. The summed E-state index contributed by atoms with van der Waals surface area (Å²) < 4.78 is 1.19. The molecule has 18 heteroatoms. The van der Waals surface area contributed by atoms with Gasteiger partial charge >= 0.3 is 29.6 Å². The van der Waals surface area contributed by atoms with Crippen molar-refractivity contribution in [2.75, 3.05) is 0 Å². The van der Waals surface area contributed by atoms with Crippen LogP contribution in [0.15, 0.2) is 128 Å². The number of nitro groups is 2. The van der Waals surface area contributed by atoms with Crippen LogP contribution in [0.1, 0.15) is 5.69 Å². The van der Waals surface area contributed by atoms with Gasteiger partial charge in [-0.25, -0.2) is 9.78 Å². The number of aromatic hydroxyl groups is 3. The van der Waals surface area contributed by atoms with Crippen LogP contribution in [0.2, 0.25) is 0 Å². The van der Waals surface area contributed by atoms with E-state index in [-0.39, 0.29) is 98.3 Å². The maximum atomic E-state index is 12.4. The van der Waals surface area contributed by atoms with Crippen molar-refractivity contribution in [1.29, 1.82) is 0 Å². The normalized spacial score (nSPS) is 10.7. The minimum absolute atomic E-state index is 0. The first-order chi connectivity index (χ1) is 23.0. The fourth-order valence-electron chi connectivity index (χ4n) is 4.32. The summed E-state index contributed by atoms with van der Waals surface area (Å²) in [6.07, 6.45) is 0. The number of azo groups is 2. The number of fused-ring (bicyclic) bond motifs is 1. The van der Waals surface area contributed by atoms with Gasteiger partial charge in [0.2, 0.25) is 0 Å². The van der Waals surface area contributed by atoms with Crippen molar-refractivity contribution in [3.8, 4) is 22.9 Å². The number of phenolic OH excluding ortho intramolecular Hbond substituents is 3. The SMILES string of the molecule is Cc1nn(-c2ccccc2)c(=O)[c-]1N=Nc1cc([N+](=O)[O-])ccc1O.O=[N+]([O-])c1ccc(O)c(N=Nc2c(O)ccc3ccccc23)c1.[Cr].[Na+]. The maximum Gasteiger partial charge on any atom is 1.00 e. The molecule has 0 amide bonds. The summed E-state index contributed by atoms with van der Waals surface area (Å²) in [5, 5.41) is 72.1. The number of para-hydroxylation sites is 1. The van der Waals surface area contributed by atoms with Crippen molar-refractivity contribution in [3.05, 3.63) is 139 Å². The molecular formula is C32H23CrN8NaO8. The van der Waals surface area contributed by atoms with Crippen molar-refractivity contribution >= 4 is 44.9 Å². The fraction of sp³-hybridized carbons (Fsp3) is 0.0312. The van der Waals surface area contributed by atoms with Gasteiger partial charge in [-0.05, 0) is 35.7 Å². The van der Waals surface area contributed by atoms with E-state index in [1.807, 2.05) is 18.2 Å². The van der Waals surface area contributed by atoms with Crippen LogP contribution < -0.4 is 35.1 Å². The number of rotatable bonds is 7. The van der Waals surface area contributed by atoms with Crippen LogP contribution in [0.3, 0.4) is 0 Å². The molecule has 0 aliphatic rings. The number of nitro benzene ring substituents is 2. The molecule has 0 atom stereocenters. The Morgan fingerprint density at radius 3 is 1.86 bits per heavy atom. The number of aryl methyl sites for hydroxylation is 1. The maximum absolute atomic E-state index is 12.4. The molecule has 50 heavy (non-hydrogen) atoms. The van der Waals surface area contributed by atoms with Crippen molar-refractivity contribution in [2.24, 2.45) is 20.5 Å². The Labute approximate surface area is 314 Å². The Balaban J connectivity index is 0.000000261. The molecule has 0 saturated carbocycles. The van der Waals surface area contributed by atoms with E-state index in [0.717, 1.165) is 29.7 Å². The number of non-ortho nitro benzene ring substituents is 2. The van der Waals surface area contributed by atoms with E-state index >= 15 is 0 Å². The summed E-state index contributed by atoms with van der Waals surface area (Å²) in [5.74, 6) is -0.591. The molecule has 0 unspecified atom stereocenters. The van der Waals surface area contributed by atoms with Crippen LogP contribution in [-0.2, 0) is 17.4 Å². The summed E-state index contributed by atoms with van der Waals surface area (Å²) >= 11 is 0. The molecule has 0 spiro atoms. The zero-order valence-electron chi connectivity index (χ0n) is 26.2. The predicted octanol–water partition coefficient (Wildman–Crippen LogP) is 4.87. The minimum Gasteiger partial charge on any atom is -0.506 e. The Bertz CT molecular complexity index is 2290. The van der Waals surface area contributed by atoms with Gasteiger partial charge < -0.3 is 25.2 Å². The van der Waals surface area contributed by atoms with Crippen LogP contribution in [0, 0.1) is 27.2 Å². The van der Waals surface area contributed by atoms with Gasteiger partial charge in [-0.15, -0.1) is 15.9 Å². The van der Waals surface area contributed by atoms with Crippen LogP contribution in [0.5, 0.6) is 17.2 Å². The van der Waals surface area contributed by atoms with Gasteiger partial charge in [0, 0.05) is 47.0 Å². The third-order valence-corrected chi connectivity index (χ3v) is 6.72. The summed E-state index contributed by atoms with van der Waals surface area (Å²) in [7, 11) is 0. The fourth-order valence-corrected chi connectivity index (χ4v) is 4.32. The first-order valence-corrected chi connectivity index (χ1v) is 13.8. The predicted molar refractivity (Wildman–Crippen MR) is 174 cm³/mol. The van der Waals surface area contributed by atoms with Crippen LogP contribution in [0.25, 0.3) is 16.5 Å². The van der Waals surface area contributed by atoms with Gasteiger partial charge in [0.15, 0.2) is 0 Å². The van der Waals surface area contributed by atoms with Gasteiger partial charge in [0.25, 0.3) is 11.4 Å². The van der Waals surface area contributed by atoms with Crippen LogP contribution >= 0.6 is 0 Å². The van der Waals surface area contributed by atoms with Gasteiger partial charge in [0.05, 0.1) is 15.5 Å². The Hall–Kier alpha value is -5.70. The largest absolute Gasteiger partial charge is 1.00 e. The quantitative estimate of drug-likeness (QED) is 0.0670. The second kappa shape index (κ2) is 17.1. The zero-order chi connectivity index (χ0) is 34.4. The molecule has 0 aliphatic heterocycles. The first-order valence-electron chi connectivity index (χ1n) is 13.8. The van der Waals surface area contributed by atoms with Gasteiger partial charge in [0.1, 0.15) is 39.9 Å². The summed E-state index contributed by atoms with van der Waals surface area (Å²) in [6.45, 7) is 1.60. The second-order valence-electron chi connectivity index (χ2n) is 9.90. The van der Waals surface area contributed by atoms with E-state index in [2.05, 4.69) is 25.6 Å². The first kappa shape index (κ1) is 38.7. The van der Waals surface area contributed by atoms with E-state index in [9.17, 15) is 40.3 Å². The Morgan fingerprint density at radius 1 is 0.720 bits per heavy atom. The van der Waals surface area contributed by atoms with Crippen LogP contribution in [-0.4, -0.2) is 34.9 Å². The molecular weight excluding hydrogens is 699 g/mol. The van der Waals surface area contributed by atoms with E-state index in [0.29, 0.717) is 16.8 Å². The topological polar surface area (TPSA) is 231 Å². The average molecular weight is 723 g/mol. The second-order valence-corrected chi connectivity index (χ2v) is 9.90. The van der Waals surface area contributed by atoms with E-state index in [1.165, 1.54) is 22.9 Å². The molecule has 0 fully saturated rings. The smallest absolute Gasteiger partial charge is 0.506 e. The molecule has 6 rings (SSSR count). The minimum atomic E-state index is -0.615. The third kappa shape index (κ3) is 8.85. The monoisotopic (exact) mass is 722 g/mol. The molecule has 1 heterocycles. The summed E-state index contributed by atoms with van der Waals surface area (Å²) in [6, 6.07) is 26.1. The van der Waals surface area contributed by atoms with Crippen molar-refractivity contribution in [3.63, 3.8) is 0 Å². The van der Waals surface area contributed by atoms with Gasteiger partial charge in [-0.3, -0.25) is 20.2 Å². The van der Waals surface area contributed by atoms with Gasteiger partial charge in [-0.1, -0.05) is 61.1 Å². The molecule has 0 aliphatic carbocycles. The molecule has 246 valence electrons. The Kier molecular flexibility index (Phi) is 13.3. The standard InChI is InChI=1S/C16H12N5O4.C16H11N3O4.Cr.Na/c1-10-15(16(23)20(19-10)11-5-3-2-4-6-11)18-17-13-9-12(21(24)25)7-8-14(13)22;20-14-8-6-11(19(22)23)9-13(14)17-18-16-12-4-2-1-3-10(12)5-7-15(16)21;;/h2-9,22H,1H3;1-9,20-21H;;/q-1;;;+1. The number of phenols is 3. The molecule has 3 N–H and O–H groups in total. The Morgan fingerprint density at radius 2 is 1.26 bits per heavy atom. The number of hydrogen-bond acceptors (Lipinski definition) is 13. The molecule has 5 aromatic carbocycles. The third-order valence-electron chi connectivity index (χ3n) is 6.72. The average Bonchev–Trinajstić information content (AvgIpc) is 3.37. The van der Waals surface area contributed by atoms with Crippen molar-refractivity contribution in [1.82, 2.24) is 9.78 Å². The number of nitrogens with zero attached hydrogens (tertiary/aromatic N) is 8. The van der Waals surface area contributed by atoms with Crippen molar-refractivity contribution < 1.29 is 72.1 Å². The molecule has 1 aromatic heterocycles. The van der Waals surface area contributed by atoms with E-state index in [4.69, 9.17) is 0 Å². The molecule has 0 saturated heterocycles. The number of hydrogen-bond donors (Lipinski definition) is 3. The number of aromatic nitrogens is 2. The molecule has 16 nitrogen and oxygen atoms in total. The van der Waals surface area contributed by atoms with Crippen molar-refractivity contribution in [2.45, 2.75) is 6.92 Å². The van der Waals surface area contributed by atoms with E-state index in [1.54, 1.807) is 49.4 Å². The summed E-state index contributed by atoms with van der Waals surface area (Å²) in [4.78, 5) is 32.8. The van der Waals surface area contributed by atoms with E-state index < -0.39 is 15.4 Å². The molecule has 6 aromatic rings. The molecule has 0 bridgehead atoms. The van der Waals surface area contributed by atoms with Gasteiger partial charge in [-0.2, -0.15) is 5.11 Å². The molecule has 0 radical (unpaired) electrons. The summed E-state index contributed by atoms with van der Waals surface area (Å²) in [5.41, 5.74) is 0.0654. The number of benzene rings is 5. The van der Waals surface area contributed by atoms with Crippen LogP contribution in [0.4, 0.5) is 34.1 Å².